The Morgan fingerprint density at radius 2 is 1.62 bits per heavy atom. The monoisotopic (exact) mass is 571 g/mol. The second kappa shape index (κ2) is 11.9. The van der Waals surface area contributed by atoms with E-state index in [1.807, 2.05) is 49.4 Å². The summed E-state index contributed by atoms with van der Waals surface area (Å²) in [5.41, 5.74) is 5.75. The van der Waals surface area contributed by atoms with Crippen LogP contribution in [0, 0.1) is 0 Å². The zero-order chi connectivity index (χ0) is 27.4. The lowest BCUT2D eigenvalue weighted by atomic mass is 10.1. The molecule has 0 aromatic heterocycles. The maximum absolute atomic E-state index is 11.4. The summed E-state index contributed by atoms with van der Waals surface area (Å²) < 4.78 is 18.1. The highest BCUT2D eigenvalue weighted by Crippen LogP contribution is 2.38. The molecular weight excluding hydrogens is 541 g/mol. The number of nitrogens with zero attached hydrogens (tertiary/aromatic N) is 2. The Morgan fingerprint density at radius 1 is 1.00 bits per heavy atom. The summed E-state index contributed by atoms with van der Waals surface area (Å²) in [4.78, 5) is 16.0. The number of carbonyl (C=O) groups is 1. The van der Waals surface area contributed by atoms with Crippen LogP contribution < -0.4 is 31.1 Å². The van der Waals surface area contributed by atoms with Crippen molar-refractivity contribution in [3.8, 4) is 5.75 Å². The Balaban J connectivity index is 1.09. The molecule has 2 fully saturated rings. The van der Waals surface area contributed by atoms with Gasteiger partial charge in [0.15, 0.2) is 5.79 Å². The molecule has 11 heteroatoms. The first kappa shape index (κ1) is 27.4. The summed E-state index contributed by atoms with van der Waals surface area (Å²) in [5.74, 6) is 4.94. The van der Waals surface area contributed by atoms with E-state index in [4.69, 9.17) is 43.3 Å². The lowest BCUT2D eigenvalue weighted by Crippen LogP contribution is -2.46. The van der Waals surface area contributed by atoms with Gasteiger partial charge in [-0.05, 0) is 67.6 Å². The van der Waals surface area contributed by atoms with Gasteiger partial charge in [-0.3, -0.25) is 5.43 Å². The number of hydrogen-bond donors (Lipinski definition) is 3. The van der Waals surface area contributed by atoms with Crippen LogP contribution in [0.3, 0.4) is 0 Å². The van der Waals surface area contributed by atoms with Crippen molar-refractivity contribution in [2.75, 3.05) is 54.5 Å². The largest absolute Gasteiger partial charge is 0.491 e. The average Bonchev–Trinajstić information content (AvgIpc) is 3.34. The van der Waals surface area contributed by atoms with Gasteiger partial charge in [-0.25, -0.2) is 10.6 Å². The molecule has 2 aliphatic rings. The Morgan fingerprint density at radius 3 is 2.21 bits per heavy atom. The van der Waals surface area contributed by atoms with Gasteiger partial charge in [0, 0.05) is 53.8 Å². The summed E-state index contributed by atoms with van der Waals surface area (Å²) in [6.07, 6.45) is -0.225. The van der Waals surface area contributed by atoms with E-state index >= 15 is 0 Å². The predicted molar refractivity (Wildman–Crippen MR) is 154 cm³/mol. The van der Waals surface area contributed by atoms with Crippen molar-refractivity contribution in [1.82, 2.24) is 5.43 Å². The topological polar surface area (TPSA) is 101 Å². The molecule has 0 aliphatic carbocycles. The number of amides is 2. The molecule has 0 radical (unpaired) electrons. The second-order valence-electron chi connectivity index (χ2n) is 9.55. The molecule has 0 unspecified atom stereocenters. The summed E-state index contributed by atoms with van der Waals surface area (Å²) in [6.45, 7) is 6.20. The molecule has 2 aliphatic heterocycles. The van der Waals surface area contributed by atoms with Crippen molar-refractivity contribution in [3.63, 3.8) is 0 Å². The summed E-state index contributed by atoms with van der Waals surface area (Å²) >= 11 is 12.4. The fourth-order valence-electron chi connectivity index (χ4n) is 4.81. The van der Waals surface area contributed by atoms with E-state index in [-0.39, 0.29) is 6.10 Å². The Hall–Kier alpha value is -3.21. The van der Waals surface area contributed by atoms with Crippen molar-refractivity contribution in [1.29, 1.82) is 0 Å². The molecule has 2 heterocycles. The number of anilines is 3. The molecule has 2 amide bonds. The lowest BCUT2D eigenvalue weighted by molar-refractivity contribution is -0.164. The van der Waals surface area contributed by atoms with Gasteiger partial charge in [-0.15, -0.1) is 0 Å². The standard InChI is InChI=1S/C28H31Cl2N5O4/c1-28(25-11-2-19(29)16-26(25)30)38-18-24(39-28)17-37-23-9-7-22(8-10-23)35-14-12-34(13-15-35)21-5-3-20(4-6-21)32-27(36)33-31/h2-11,16,24H,12-15,17-18,31H2,1H3,(H2,32,33,36)/t24-,28-/m1/s1. The third-order valence-corrected chi connectivity index (χ3v) is 7.44. The Labute approximate surface area is 237 Å². The van der Waals surface area contributed by atoms with E-state index in [2.05, 4.69) is 32.7 Å². The number of urea groups is 1. The number of nitrogens with two attached hydrogens (primary N) is 1. The molecule has 206 valence electrons. The number of halogens is 2. The van der Waals surface area contributed by atoms with Gasteiger partial charge in [0.25, 0.3) is 0 Å². The average molecular weight is 572 g/mol. The minimum absolute atomic E-state index is 0.225. The van der Waals surface area contributed by atoms with Crippen LogP contribution in [0.15, 0.2) is 66.7 Å². The molecule has 2 atom stereocenters. The Bertz CT molecular complexity index is 1290. The van der Waals surface area contributed by atoms with Crippen LogP contribution in [0.2, 0.25) is 10.0 Å². The van der Waals surface area contributed by atoms with Crippen molar-refractivity contribution < 1.29 is 19.0 Å². The third kappa shape index (κ3) is 6.51. The van der Waals surface area contributed by atoms with Crippen LogP contribution in [-0.2, 0) is 15.3 Å². The highest BCUT2D eigenvalue weighted by Gasteiger charge is 2.40. The van der Waals surface area contributed by atoms with Crippen molar-refractivity contribution in [3.05, 3.63) is 82.3 Å². The first-order valence-electron chi connectivity index (χ1n) is 12.7. The number of hydrazine groups is 1. The van der Waals surface area contributed by atoms with Gasteiger partial charge < -0.3 is 29.3 Å². The van der Waals surface area contributed by atoms with Crippen molar-refractivity contribution >= 4 is 46.3 Å². The second-order valence-corrected chi connectivity index (χ2v) is 10.4. The molecule has 2 saturated heterocycles. The molecule has 0 spiro atoms. The number of hydrogen-bond acceptors (Lipinski definition) is 7. The number of carbonyl (C=O) groups excluding carboxylic acids is 1. The molecule has 3 aromatic rings. The predicted octanol–water partition coefficient (Wildman–Crippen LogP) is 4.98. The molecule has 39 heavy (non-hydrogen) atoms. The zero-order valence-corrected chi connectivity index (χ0v) is 23.0. The van der Waals surface area contributed by atoms with E-state index in [9.17, 15) is 4.79 Å². The van der Waals surface area contributed by atoms with E-state index in [0.29, 0.717) is 28.9 Å². The minimum Gasteiger partial charge on any atom is -0.491 e. The number of benzene rings is 3. The van der Waals surface area contributed by atoms with Crippen molar-refractivity contribution in [2.24, 2.45) is 5.84 Å². The molecular formula is C28H31Cl2N5O4. The van der Waals surface area contributed by atoms with Gasteiger partial charge in [0.2, 0.25) is 0 Å². The highest BCUT2D eigenvalue weighted by molar-refractivity contribution is 6.35. The van der Waals surface area contributed by atoms with Crippen LogP contribution in [0.1, 0.15) is 12.5 Å². The molecule has 9 nitrogen and oxygen atoms in total. The molecule has 4 N–H and O–H groups in total. The quantitative estimate of drug-likeness (QED) is 0.209. The third-order valence-electron chi connectivity index (χ3n) is 6.90. The number of rotatable bonds is 7. The molecule has 3 aromatic carbocycles. The normalized spacial score (nSPS) is 21.1. The molecule has 0 saturated carbocycles. The van der Waals surface area contributed by atoms with Gasteiger partial charge in [0.1, 0.15) is 18.5 Å². The van der Waals surface area contributed by atoms with Gasteiger partial charge in [0.05, 0.1) is 11.6 Å². The van der Waals surface area contributed by atoms with Crippen LogP contribution in [0.4, 0.5) is 21.9 Å². The fourth-order valence-corrected chi connectivity index (χ4v) is 5.39. The first-order valence-corrected chi connectivity index (χ1v) is 13.5. The van der Waals surface area contributed by atoms with Gasteiger partial charge in [-0.1, -0.05) is 29.3 Å². The van der Waals surface area contributed by atoms with Gasteiger partial charge >= 0.3 is 6.03 Å². The fraction of sp³-hybridized carbons (Fsp3) is 0.321. The summed E-state index contributed by atoms with van der Waals surface area (Å²) in [5, 5.41) is 3.73. The van der Waals surface area contributed by atoms with E-state index in [0.717, 1.165) is 48.9 Å². The number of piperazine rings is 1. The van der Waals surface area contributed by atoms with Crippen LogP contribution in [0.5, 0.6) is 5.75 Å². The molecule has 5 rings (SSSR count). The number of ether oxygens (including phenoxy) is 3. The SMILES string of the molecule is C[C@@]1(c2ccc(Cl)cc2Cl)OC[C@@H](COc2ccc(N3CCN(c4ccc(NC(=O)NN)cc4)CC3)cc2)O1. The van der Waals surface area contributed by atoms with Crippen molar-refractivity contribution in [2.45, 2.75) is 18.8 Å². The Kier molecular flexibility index (Phi) is 8.34. The first-order chi connectivity index (χ1) is 18.8. The zero-order valence-electron chi connectivity index (χ0n) is 21.5. The van der Waals surface area contributed by atoms with Crippen LogP contribution >= 0.6 is 23.2 Å². The van der Waals surface area contributed by atoms with Crippen LogP contribution in [-0.4, -0.2) is 51.5 Å². The number of nitrogens with one attached hydrogen (secondary N) is 2. The van der Waals surface area contributed by atoms with E-state index < -0.39 is 11.8 Å². The van der Waals surface area contributed by atoms with Crippen LogP contribution in [0.25, 0.3) is 0 Å². The maximum Gasteiger partial charge on any atom is 0.333 e. The summed E-state index contributed by atoms with van der Waals surface area (Å²) in [6, 6.07) is 20.7. The van der Waals surface area contributed by atoms with E-state index in [1.165, 1.54) is 0 Å². The minimum atomic E-state index is -0.943. The molecule has 0 bridgehead atoms. The lowest BCUT2D eigenvalue weighted by Gasteiger charge is -2.37. The van der Waals surface area contributed by atoms with E-state index in [1.54, 1.807) is 12.1 Å². The van der Waals surface area contributed by atoms with Gasteiger partial charge in [-0.2, -0.15) is 0 Å². The highest BCUT2D eigenvalue weighted by atomic mass is 35.5. The summed E-state index contributed by atoms with van der Waals surface area (Å²) in [7, 11) is 0. The smallest absolute Gasteiger partial charge is 0.333 e. The maximum atomic E-state index is 11.4.